The van der Waals surface area contributed by atoms with Crippen LogP contribution in [-0.4, -0.2) is 37.5 Å². The summed E-state index contributed by atoms with van der Waals surface area (Å²) in [6.07, 6.45) is 2.41. The second kappa shape index (κ2) is 11.2. The highest BCUT2D eigenvalue weighted by Gasteiger charge is 2.22. The van der Waals surface area contributed by atoms with Crippen molar-refractivity contribution in [1.82, 2.24) is 10.6 Å². The van der Waals surface area contributed by atoms with Crippen molar-refractivity contribution in [2.75, 3.05) is 13.7 Å². The van der Waals surface area contributed by atoms with E-state index in [1.807, 2.05) is 37.3 Å². The predicted octanol–water partition coefficient (Wildman–Crippen LogP) is 1.58. The second-order valence-corrected chi connectivity index (χ2v) is 5.54. The summed E-state index contributed by atoms with van der Waals surface area (Å²) < 4.78 is 4.74. The molecule has 0 aliphatic rings. The van der Waals surface area contributed by atoms with Gasteiger partial charge in [0.2, 0.25) is 11.8 Å². The zero-order valence-electron chi connectivity index (χ0n) is 14.3. The molecule has 2 amide bonds. The highest BCUT2D eigenvalue weighted by molar-refractivity contribution is 5.87. The van der Waals surface area contributed by atoms with Crippen molar-refractivity contribution in [1.29, 1.82) is 0 Å². The lowest BCUT2D eigenvalue weighted by atomic mass is 10.1. The van der Waals surface area contributed by atoms with Gasteiger partial charge in [0, 0.05) is 25.8 Å². The van der Waals surface area contributed by atoms with Gasteiger partial charge in [-0.1, -0.05) is 43.7 Å². The van der Waals surface area contributed by atoms with Gasteiger partial charge in [-0.05, 0) is 12.0 Å². The molecule has 132 valence electrons. The van der Waals surface area contributed by atoms with E-state index in [-0.39, 0.29) is 24.7 Å². The number of rotatable bonds is 10. The molecule has 1 aromatic carbocycles. The Balaban J connectivity index is 2.46. The fourth-order valence-electron chi connectivity index (χ4n) is 2.17. The number of hydrogen-bond donors (Lipinski definition) is 2. The number of esters is 1. The maximum Gasteiger partial charge on any atom is 0.328 e. The van der Waals surface area contributed by atoms with Crippen molar-refractivity contribution in [2.24, 2.45) is 0 Å². The molecular weight excluding hydrogens is 308 g/mol. The Morgan fingerprint density at radius 2 is 1.75 bits per heavy atom. The van der Waals surface area contributed by atoms with E-state index >= 15 is 0 Å². The van der Waals surface area contributed by atoms with Crippen molar-refractivity contribution >= 4 is 17.8 Å². The summed E-state index contributed by atoms with van der Waals surface area (Å²) in [5, 5.41) is 5.40. The van der Waals surface area contributed by atoms with E-state index < -0.39 is 12.0 Å². The molecule has 0 unspecified atom stereocenters. The Labute approximate surface area is 143 Å². The standard InChI is InChI=1S/C18H26N2O4/c1-3-4-12-19-16(21)10-11-17(22)20-15(18(23)24-2)13-14-8-6-5-7-9-14/h5-9,15H,3-4,10-13H2,1-2H3,(H,19,21)(H,20,22)/t15-/m0/s1. The maximum absolute atomic E-state index is 12.0. The molecular formula is C18H26N2O4. The molecule has 0 aliphatic heterocycles. The van der Waals surface area contributed by atoms with Crippen molar-refractivity contribution < 1.29 is 19.1 Å². The zero-order valence-corrected chi connectivity index (χ0v) is 14.3. The largest absolute Gasteiger partial charge is 0.467 e. The lowest BCUT2D eigenvalue weighted by molar-refractivity contribution is -0.145. The van der Waals surface area contributed by atoms with Crippen LogP contribution in [0.2, 0.25) is 0 Å². The number of nitrogens with one attached hydrogen (secondary N) is 2. The average molecular weight is 334 g/mol. The van der Waals surface area contributed by atoms with Crippen LogP contribution >= 0.6 is 0 Å². The third-order valence-corrected chi connectivity index (χ3v) is 3.54. The van der Waals surface area contributed by atoms with Gasteiger partial charge < -0.3 is 15.4 Å². The molecule has 0 aliphatic carbocycles. The van der Waals surface area contributed by atoms with Crippen molar-refractivity contribution in [3.63, 3.8) is 0 Å². The number of carbonyl (C=O) groups excluding carboxylic acids is 3. The first-order valence-electron chi connectivity index (χ1n) is 8.24. The molecule has 6 heteroatoms. The Morgan fingerprint density at radius 3 is 2.38 bits per heavy atom. The highest BCUT2D eigenvalue weighted by atomic mass is 16.5. The number of carbonyl (C=O) groups is 3. The molecule has 0 bridgehead atoms. The molecule has 2 N–H and O–H groups in total. The van der Waals surface area contributed by atoms with Gasteiger partial charge in [-0.25, -0.2) is 4.79 Å². The fourth-order valence-corrected chi connectivity index (χ4v) is 2.17. The molecule has 24 heavy (non-hydrogen) atoms. The van der Waals surface area contributed by atoms with Crippen LogP contribution in [0.1, 0.15) is 38.2 Å². The summed E-state index contributed by atoms with van der Waals surface area (Å²) in [6, 6.07) is 8.62. The minimum Gasteiger partial charge on any atom is -0.467 e. The molecule has 0 heterocycles. The molecule has 0 saturated heterocycles. The van der Waals surface area contributed by atoms with Gasteiger partial charge in [0.05, 0.1) is 7.11 Å². The molecule has 0 spiro atoms. The van der Waals surface area contributed by atoms with Crippen LogP contribution in [0.4, 0.5) is 0 Å². The normalized spacial score (nSPS) is 11.4. The molecule has 0 radical (unpaired) electrons. The third kappa shape index (κ3) is 7.76. The Hall–Kier alpha value is -2.37. The summed E-state index contributed by atoms with van der Waals surface area (Å²) in [5.74, 6) is -0.997. The Bertz CT molecular complexity index is 531. The number of unbranched alkanes of at least 4 members (excludes halogenated alkanes) is 1. The van der Waals surface area contributed by atoms with Crippen LogP contribution in [0.15, 0.2) is 30.3 Å². The van der Waals surface area contributed by atoms with E-state index in [0.717, 1.165) is 18.4 Å². The summed E-state index contributed by atoms with van der Waals surface area (Å²) in [5.41, 5.74) is 0.922. The molecule has 1 aromatic rings. The molecule has 0 aromatic heterocycles. The minimum absolute atomic E-state index is 0.0419. The minimum atomic E-state index is -0.756. The van der Waals surface area contributed by atoms with E-state index in [4.69, 9.17) is 4.74 Å². The van der Waals surface area contributed by atoms with Gasteiger partial charge in [-0.15, -0.1) is 0 Å². The Morgan fingerprint density at radius 1 is 1.08 bits per heavy atom. The van der Waals surface area contributed by atoms with Crippen molar-refractivity contribution in [2.45, 2.75) is 45.1 Å². The summed E-state index contributed by atoms with van der Waals surface area (Å²) in [6.45, 7) is 2.66. The lowest BCUT2D eigenvalue weighted by Gasteiger charge is -2.16. The number of hydrogen-bond acceptors (Lipinski definition) is 4. The monoisotopic (exact) mass is 334 g/mol. The predicted molar refractivity (Wildman–Crippen MR) is 91.2 cm³/mol. The van der Waals surface area contributed by atoms with Crippen LogP contribution in [0.5, 0.6) is 0 Å². The van der Waals surface area contributed by atoms with Crippen molar-refractivity contribution in [3.05, 3.63) is 35.9 Å². The average Bonchev–Trinajstić information content (AvgIpc) is 2.60. The first-order chi connectivity index (χ1) is 11.6. The van der Waals surface area contributed by atoms with Crippen LogP contribution in [0, 0.1) is 0 Å². The highest BCUT2D eigenvalue weighted by Crippen LogP contribution is 2.05. The fraction of sp³-hybridized carbons (Fsp3) is 0.500. The number of benzene rings is 1. The van der Waals surface area contributed by atoms with E-state index in [1.165, 1.54) is 7.11 Å². The van der Waals surface area contributed by atoms with Crippen molar-refractivity contribution in [3.8, 4) is 0 Å². The Kier molecular flexibility index (Phi) is 9.19. The summed E-state index contributed by atoms with van der Waals surface area (Å²) >= 11 is 0. The second-order valence-electron chi connectivity index (χ2n) is 5.54. The third-order valence-electron chi connectivity index (χ3n) is 3.54. The molecule has 0 saturated carbocycles. The van der Waals surface area contributed by atoms with Gasteiger partial charge in [-0.2, -0.15) is 0 Å². The van der Waals surface area contributed by atoms with Crippen LogP contribution < -0.4 is 10.6 Å². The number of methoxy groups -OCH3 is 1. The van der Waals surface area contributed by atoms with E-state index in [1.54, 1.807) is 0 Å². The number of ether oxygens (including phenoxy) is 1. The van der Waals surface area contributed by atoms with E-state index in [2.05, 4.69) is 10.6 Å². The van der Waals surface area contributed by atoms with Crippen LogP contribution in [0.3, 0.4) is 0 Å². The number of amides is 2. The molecule has 0 fully saturated rings. The zero-order chi connectivity index (χ0) is 17.8. The topological polar surface area (TPSA) is 84.5 Å². The first-order valence-corrected chi connectivity index (χ1v) is 8.24. The summed E-state index contributed by atoms with van der Waals surface area (Å²) in [7, 11) is 1.29. The van der Waals surface area contributed by atoms with Crippen LogP contribution in [0.25, 0.3) is 0 Å². The summed E-state index contributed by atoms with van der Waals surface area (Å²) in [4.78, 5) is 35.5. The van der Waals surface area contributed by atoms with Gasteiger partial charge in [0.1, 0.15) is 6.04 Å². The SMILES string of the molecule is CCCCNC(=O)CCC(=O)N[C@@H](Cc1ccccc1)C(=O)OC. The van der Waals surface area contributed by atoms with Gasteiger partial charge >= 0.3 is 5.97 Å². The smallest absolute Gasteiger partial charge is 0.328 e. The maximum atomic E-state index is 12.0. The molecule has 6 nitrogen and oxygen atoms in total. The van der Waals surface area contributed by atoms with Gasteiger partial charge in [0.25, 0.3) is 0 Å². The van der Waals surface area contributed by atoms with E-state index in [9.17, 15) is 14.4 Å². The van der Waals surface area contributed by atoms with Gasteiger partial charge in [0.15, 0.2) is 0 Å². The molecule has 1 rings (SSSR count). The molecule has 1 atom stereocenters. The first kappa shape index (κ1) is 19.7. The van der Waals surface area contributed by atoms with E-state index in [0.29, 0.717) is 13.0 Å². The quantitative estimate of drug-likeness (QED) is 0.503. The lowest BCUT2D eigenvalue weighted by Crippen LogP contribution is -2.43. The van der Waals surface area contributed by atoms with Crippen LogP contribution in [-0.2, 0) is 25.5 Å². The van der Waals surface area contributed by atoms with Gasteiger partial charge in [-0.3, -0.25) is 9.59 Å².